The first-order chi connectivity index (χ1) is 9.04. The fourth-order valence-electron chi connectivity index (χ4n) is 1.68. The Kier molecular flexibility index (Phi) is 3.71. The summed E-state index contributed by atoms with van der Waals surface area (Å²) >= 11 is 5.84. The van der Waals surface area contributed by atoms with E-state index in [-0.39, 0.29) is 22.1 Å². The molecule has 0 unspecified atom stereocenters. The smallest absolute Gasteiger partial charge is 0.276 e. The number of benzene rings is 1. The average Bonchev–Trinajstić information content (AvgIpc) is 2.75. The zero-order valence-electron chi connectivity index (χ0n) is 10.2. The highest BCUT2D eigenvalue weighted by atomic mass is 35.5. The van der Waals surface area contributed by atoms with Crippen LogP contribution in [0.5, 0.6) is 0 Å². The molecule has 0 saturated carbocycles. The Balaban J connectivity index is 2.34. The summed E-state index contributed by atoms with van der Waals surface area (Å²) in [6, 6.07) is 4.15. The van der Waals surface area contributed by atoms with Gasteiger partial charge in [-0.1, -0.05) is 17.7 Å². The summed E-state index contributed by atoms with van der Waals surface area (Å²) in [5.41, 5.74) is 6.02. The number of hydrogen-bond donors (Lipinski definition) is 2. The van der Waals surface area contributed by atoms with E-state index >= 15 is 0 Å². The molecule has 3 N–H and O–H groups in total. The molecule has 1 aromatic carbocycles. The molecule has 2 aromatic rings. The molecular formula is C12H12ClFN4O. The van der Waals surface area contributed by atoms with Crippen LogP contribution in [0.1, 0.15) is 17.4 Å². The van der Waals surface area contributed by atoms with Gasteiger partial charge in [0.05, 0.1) is 22.6 Å². The van der Waals surface area contributed by atoms with Gasteiger partial charge >= 0.3 is 0 Å². The first kappa shape index (κ1) is 13.4. The van der Waals surface area contributed by atoms with E-state index in [0.717, 1.165) is 0 Å². The van der Waals surface area contributed by atoms with Crippen molar-refractivity contribution in [1.29, 1.82) is 0 Å². The Morgan fingerprint density at radius 3 is 2.95 bits per heavy atom. The van der Waals surface area contributed by atoms with E-state index in [2.05, 4.69) is 10.4 Å². The monoisotopic (exact) mass is 282 g/mol. The lowest BCUT2D eigenvalue weighted by Crippen LogP contribution is -2.19. The average molecular weight is 283 g/mol. The molecule has 5 nitrogen and oxygen atoms in total. The van der Waals surface area contributed by atoms with Gasteiger partial charge in [0.25, 0.3) is 5.91 Å². The van der Waals surface area contributed by atoms with Crippen molar-refractivity contribution < 1.29 is 9.18 Å². The SMILES string of the molecule is CCn1ncc(N)c1C(=O)Nc1c(F)cccc1Cl. The number of hydrogen-bond acceptors (Lipinski definition) is 3. The van der Waals surface area contributed by atoms with Crippen LogP contribution in [0.15, 0.2) is 24.4 Å². The number of nitrogens with zero attached hydrogens (tertiary/aromatic N) is 2. The quantitative estimate of drug-likeness (QED) is 0.908. The van der Waals surface area contributed by atoms with E-state index in [0.29, 0.717) is 6.54 Å². The highest BCUT2D eigenvalue weighted by Gasteiger charge is 2.18. The lowest BCUT2D eigenvalue weighted by molar-refractivity contribution is 0.101. The second-order valence-corrected chi connectivity index (χ2v) is 4.22. The molecule has 0 aliphatic heterocycles. The number of aryl methyl sites for hydroxylation is 1. The summed E-state index contributed by atoms with van der Waals surface area (Å²) in [5.74, 6) is -1.16. The van der Waals surface area contributed by atoms with Crippen LogP contribution in [0.25, 0.3) is 0 Å². The van der Waals surface area contributed by atoms with Gasteiger partial charge in [0.2, 0.25) is 0 Å². The molecule has 1 amide bonds. The Morgan fingerprint density at radius 1 is 1.58 bits per heavy atom. The van der Waals surface area contributed by atoms with Crippen molar-refractivity contribution in [2.45, 2.75) is 13.5 Å². The van der Waals surface area contributed by atoms with Crippen LogP contribution in [0, 0.1) is 5.82 Å². The summed E-state index contributed by atoms with van der Waals surface area (Å²) in [6.07, 6.45) is 1.38. The van der Waals surface area contributed by atoms with Crippen LogP contribution in [-0.4, -0.2) is 15.7 Å². The zero-order valence-corrected chi connectivity index (χ0v) is 10.9. The van der Waals surface area contributed by atoms with Crippen LogP contribution in [-0.2, 0) is 6.54 Å². The van der Waals surface area contributed by atoms with E-state index in [1.807, 2.05) is 6.92 Å². The van der Waals surface area contributed by atoms with Gasteiger partial charge in [-0.15, -0.1) is 0 Å². The number of nitrogens with one attached hydrogen (secondary N) is 1. The minimum atomic E-state index is -0.609. The van der Waals surface area contributed by atoms with Crippen LogP contribution < -0.4 is 11.1 Å². The second-order valence-electron chi connectivity index (χ2n) is 3.82. The van der Waals surface area contributed by atoms with Crippen molar-refractivity contribution in [1.82, 2.24) is 9.78 Å². The number of rotatable bonds is 3. The van der Waals surface area contributed by atoms with Crippen LogP contribution in [0.2, 0.25) is 5.02 Å². The molecule has 0 aliphatic rings. The van der Waals surface area contributed by atoms with Gasteiger partial charge in [0.1, 0.15) is 11.5 Å². The van der Waals surface area contributed by atoms with Crippen LogP contribution >= 0.6 is 11.6 Å². The number of para-hydroxylation sites is 1. The van der Waals surface area contributed by atoms with Crippen molar-refractivity contribution in [2.75, 3.05) is 11.1 Å². The number of aromatic nitrogens is 2. The van der Waals surface area contributed by atoms with E-state index in [4.69, 9.17) is 17.3 Å². The van der Waals surface area contributed by atoms with Crippen molar-refractivity contribution in [2.24, 2.45) is 0 Å². The molecule has 0 atom stereocenters. The molecule has 19 heavy (non-hydrogen) atoms. The predicted molar refractivity (Wildman–Crippen MR) is 71.7 cm³/mol. The molecule has 1 aromatic heterocycles. The summed E-state index contributed by atoms with van der Waals surface area (Å²) in [7, 11) is 0. The predicted octanol–water partition coefficient (Wildman–Crippen LogP) is 2.53. The Morgan fingerprint density at radius 2 is 2.32 bits per heavy atom. The third-order valence-corrected chi connectivity index (χ3v) is 2.90. The standard InChI is InChI=1S/C12H12ClFN4O/c1-2-18-11(9(15)6-16-18)12(19)17-10-7(13)4-3-5-8(10)14/h3-6H,2,15H2,1H3,(H,17,19). The lowest BCUT2D eigenvalue weighted by Gasteiger charge is -2.09. The largest absolute Gasteiger partial charge is 0.396 e. The molecule has 0 aliphatic carbocycles. The van der Waals surface area contributed by atoms with Gasteiger partial charge < -0.3 is 11.1 Å². The van der Waals surface area contributed by atoms with E-state index in [1.54, 1.807) is 0 Å². The molecule has 0 radical (unpaired) electrons. The number of carbonyl (C=O) groups is 1. The number of nitrogen functional groups attached to an aromatic ring is 1. The lowest BCUT2D eigenvalue weighted by atomic mass is 10.2. The molecule has 2 rings (SSSR count). The summed E-state index contributed by atoms with van der Waals surface area (Å²) < 4.78 is 15.0. The van der Waals surface area contributed by atoms with Gasteiger partial charge in [-0.3, -0.25) is 9.48 Å². The molecule has 7 heteroatoms. The van der Waals surface area contributed by atoms with E-state index in [1.165, 1.54) is 29.1 Å². The maximum atomic E-state index is 13.6. The number of halogens is 2. The van der Waals surface area contributed by atoms with Crippen molar-refractivity contribution in [3.63, 3.8) is 0 Å². The number of carbonyl (C=O) groups excluding carboxylic acids is 1. The molecule has 0 saturated heterocycles. The Hall–Kier alpha value is -2.08. The molecule has 100 valence electrons. The zero-order chi connectivity index (χ0) is 14.0. The molecule has 0 bridgehead atoms. The second kappa shape index (κ2) is 5.27. The van der Waals surface area contributed by atoms with Crippen LogP contribution in [0.3, 0.4) is 0 Å². The maximum Gasteiger partial charge on any atom is 0.276 e. The first-order valence-electron chi connectivity index (χ1n) is 5.61. The van der Waals surface area contributed by atoms with Crippen molar-refractivity contribution in [3.8, 4) is 0 Å². The summed E-state index contributed by atoms with van der Waals surface area (Å²) in [4.78, 5) is 12.1. The molecule has 0 fully saturated rings. The Bertz CT molecular complexity index is 606. The van der Waals surface area contributed by atoms with Gasteiger partial charge in [0.15, 0.2) is 0 Å². The topological polar surface area (TPSA) is 72.9 Å². The van der Waals surface area contributed by atoms with E-state index < -0.39 is 11.7 Å². The summed E-state index contributed by atoms with van der Waals surface area (Å²) in [5, 5.41) is 6.48. The highest BCUT2D eigenvalue weighted by molar-refractivity contribution is 6.34. The third-order valence-electron chi connectivity index (χ3n) is 2.58. The third kappa shape index (κ3) is 2.53. The van der Waals surface area contributed by atoms with Gasteiger partial charge in [0, 0.05) is 6.54 Å². The van der Waals surface area contributed by atoms with Crippen molar-refractivity contribution in [3.05, 3.63) is 40.9 Å². The summed E-state index contributed by atoms with van der Waals surface area (Å²) in [6.45, 7) is 2.30. The molecule has 0 spiro atoms. The first-order valence-corrected chi connectivity index (χ1v) is 5.99. The number of anilines is 2. The molecule has 1 heterocycles. The van der Waals surface area contributed by atoms with Gasteiger partial charge in [-0.25, -0.2) is 4.39 Å². The van der Waals surface area contributed by atoms with Crippen LogP contribution in [0.4, 0.5) is 15.8 Å². The molecular weight excluding hydrogens is 271 g/mol. The number of amides is 1. The van der Waals surface area contributed by atoms with E-state index in [9.17, 15) is 9.18 Å². The fourth-order valence-corrected chi connectivity index (χ4v) is 1.89. The minimum absolute atomic E-state index is 0.0718. The maximum absolute atomic E-state index is 13.6. The van der Waals surface area contributed by atoms with Crippen molar-refractivity contribution >= 4 is 28.9 Å². The van der Waals surface area contributed by atoms with Gasteiger partial charge in [-0.2, -0.15) is 5.10 Å². The highest BCUT2D eigenvalue weighted by Crippen LogP contribution is 2.25. The van der Waals surface area contributed by atoms with Gasteiger partial charge in [-0.05, 0) is 19.1 Å². The fraction of sp³-hybridized carbons (Fsp3) is 0.167. The number of nitrogens with two attached hydrogens (primary N) is 1. The minimum Gasteiger partial charge on any atom is -0.396 e. The Labute approximate surface area is 114 Å². The normalized spacial score (nSPS) is 10.5.